The summed E-state index contributed by atoms with van der Waals surface area (Å²) in [5, 5.41) is 3.34. The molecule has 1 aromatic rings. The molecule has 104 valence electrons. The van der Waals surface area contributed by atoms with Gasteiger partial charge in [0.15, 0.2) is 0 Å². The third-order valence-electron chi connectivity index (χ3n) is 2.60. The molecule has 1 N–H and O–H groups in total. The maximum atomic E-state index is 9.50. The molecule has 1 unspecified atom stereocenters. The molecule has 3 heteroatoms. The molecule has 2 rings (SSSR count). The van der Waals surface area contributed by atoms with E-state index < -0.39 is 0 Å². The molecule has 2 nitrogen and oxygen atoms in total. The molecule has 0 bridgehead atoms. The van der Waals surface area contributed by atoms with Gasteiger partial charge in [-0.15, -0.1) is 0 Å². The van der Waals surface area contributed by atoms with Crippen LogP contribution in [0.1, 0.15) is 44.9 Å². The van der Waals surface area contributed by atoms with Gasteiger partial charge in [0.25, 0.3) is 0 Å². The molecular formula is C15H26FNO. The van der Waals surface area contributed by atoms with Gasteiger partial charge in [0, 0.05) is 6.54 Å². The lowest BCUT2D eigenvalue weighted by molar-refractivity contribution is -0.0241. The Labute approximate surface area is 111 Å². The highest BCUT2D eigenvalue weighted by Gasteiger charge is 2.31. The largest absolute Gasteiger partial charge is 0.352 e. The van der Waals surface area contributed by atoms with E-state index >= 15 is 0 Å². The number of halogens is 1. The quantitative estimate of drug-likeness (QED) is 0.819. The van der Waals surface area contributed by atoms with Gasteiger partial charge in [0.2, 0.25) is 0 Å². The molecule has 18 heavy (non-hydrogen) atoms. The summed E-state index contributed by atoms with van der Waals surface area (Å²) >= 11 is 0. The number of aryl methyl sites for hydroxylation is 1. The molecule has 1 atom stereocenters. The molecule has 0 radical (unpaired) electrons. The van der Waals surface area contributed by atoms with E-state index in [-0.39, 0.29) is 11.8 Å². The maximum Gasteiger partial charge on any atom is 0.114 e. The molecule has 1 saturated heterocycles. The predicted molar refractivity (Wildman–Crippen MR) is 75.5 cm³/mol. The van der Waals surface area contributed by atoms with Crippen molar-refractivity contribution in [1.29, 1.82) is 0 Å². The Morgan fingerprint density at radius 3 is 2.06 bits per heavy atom. The van der Waals surface area contributed by atoms with Crippen molar-refractivity contribution in [2.45, 2.75) is 46.4 Å². The summed E-state index contributed by atoms with van der Waals surface area (Å²) in [6, 6.07) is 8.54. The fourth-order valence-electron chi connectivity index (χ4n) is 1.74. The maximum absolute atomic E-state index is 9.50. The Kier molecular flexibility index (Phi) is 7.80. The van der Waals surface area contributed by atoms with Gasteiger partial charge >= 0.3 is 0 Å². The van der Waals surface area contributed by atoms with Crippen molar-refractivity contribution < 1.29 is 9.13 Å². The monoisotopic (exact) mass is 255 g/mol. The minimum Gasteiger partial charge on any atom is -0.352 e. The van der Waals surface area contributed by atoms with Crippen LogP contribution in [-0.2, 0) is 4.74 Å². The van der Waals surface area contributed by atoms with Gasteiger partial charge in [0.1, 0.15) is 5.72 Å². The van der Waals surface area contributed by atoms with Crippen LogP contribution in [0.2, 0.25) is 0 Å². The molecule has 1 aromatic carbocycles. The van der Waals surface area contributed by atoms with Crippen LogP contribution >= 0.6 is 0 Å². The van der Waals surface area contributed by atoms with Gasteiger partial charge in [0.05, 0.1) is 13.3 Å². The lowest BCUT2D eigenvalue weighted by Gasteiger charge is -2.18. The third-order valence-corrected chi connectivity index (χ3v) is 2.60. The zero-order valence-corrected chi connectivity index (χ0v) is 12.4. The van der Waals surface area contributed by atoms with Crippen LogP contribution in [0.3, 0.4) is 0 Å². The van der Waals surface area contributed by atoms with Gasteiger partial charge in [-0.1, -0.05) is 43.7 Å². The summed E-state index contributed by atoms with van der Waals surface area (Å²) < 4.78 is 15.4. The highest BCUT2D eigenvalue weighted by atomic mass is 19.1. The first-order valence-corrected chi connectivity index (χ1v) is 6.44. The van der Waals surface area contributed by atoms with E-state index in [4.69, 9.17) is 4.74 Å². The zero-order valence-electron chi connectivity index (χ0n) is 12.4. The Morgan fingerprint density at radius 2 is 1.67 bits per heavy atom. The summed E-state index contributed by atoms with van der Waals surface area (Å²) in [5.74, 6) is 0. The standard InChI is InChI=1S/C12H17NO.C2H6.CH3F/c1-9-4-6-10(7-5-9)11-8-13-12(2,3)14-11;2*1-2/h4-7,11,13H,8H2,1-3H3;1-2H3;1H3. The van der Waals surface area contributed by atoms with Crippen molar-refractivity contribution in [2.75, 3.05) is 13.7 Å². The molecule has 1 heterocycles. The minimum atomic E-state index is -0.185. The van der Waals surface area contributed by atoms with Gasteiger partial charge in [-0.05, 0) is 26.3 Å². The molecule has 0 aliphatic carbocycles. The number of nitrogens with one attached hydrogen (secondary N) is 1. The van der Waals surface area contributed by atoms with E-state index in [0.717, 1.165) is 6.54 Å². The zero-order chi connectivity index (χ0) is 14.2. The molecule has 0 spiro atoms. The summed E-state index contributed by atoms with van der Waals surface area (Å²) in [7, 11) is 0.500. The van der Waals surface area contributed by atoms with E-state index in [0.29, 0.717) is 7.18 Å². The van der Waals surface area contributed by atoms with Gasteiger partial charge in [-0.2, -0.15) is 0 Å². The molecule has 0 aromatic heterocycles. The number of rotatable bonds is 1. The fourth-order valence-corrected chi connectivity index (χ4v) is 1.74. The number of alkyl halides is 1. The van der Waals surface area contributed by atoms with Gasteiger partial charge < -0.3 is 4.74 Å². The first-order valence-electron chi connectivity index (χ1n) is 6.44. The van der Waals surface area contributed by atoms with E-state index in [1.54, 1.807) is 0 Å². The molecule has 1 aliphatic heterocycles. The van der Waals surface area contributed by atoms with Crippen molar-refractivity contribution in [3.63, 3.8) is 0 Å². The Bertz CT molecular complexity index is 322. The summed E-state index contributed by atoms with van der Waals surface area (Å²) in [4.78, 5) is 0. The summed E-state index contributed by atoms with van der Waals surface area (Å²) in [5.41, 5.74) is 2.36. The second-order valence-corrected chi connectivity index (χ2v) is 4.41. The van der Waals surface area contributed by atoms with Crippen LogP contribution < -0.4 is 5.32 Å². The highest BCUT2D eigenvalue weighted by Crippen LogP contribution is 2.27. The van der Waals surface area contributed by atoms with E-state index in [1.807, 2.05) is 13.8 Å². The van der Waals surface area contributed by atoms with E-state index in [1.165, 1.54) is 11.1 Å². The summed E-state index contributed by atoms with van der Waals surface area (Å²) in [6.07, 6.45) is 0.200. The Hall–Kier alpha value is -0.930. The van der Waals surface area contributed by atoms with Crippen LogP contribution in [-0.4, -0.2) is 19.4 Å². The lowest BCUT2D eigenvalue weighted by atomic mass is 10.1. The molecular weight excluding hydrogens is 229 g/mol. The van der Waals surface area contributed by atoms with Crippen LogP contribution in [0, 0.1) is 6.92 Å². The predicted octanol–water partition coefficient (Wildman–Crippen LogP) is 4.00. The summed E-state index contributed by atoms with van der Waals surface area (Å²) in [6.45, 7) is 11.1. The van der Waals surface area contributed by atoms with Gasteiger partial charge in [-0.25, -0.2) is 0 Å². The first kappa shape index (κ1) is 17.1. The number of hydrogen-bond acceptors (Lipinski definition) is 2. The Balaban J connectivity index is 0.000000659. The van der Waals surface area contributed by atoms with Crippen LogP contribution in [0.25, 0.3) is 0 Å². The average Bonchev–Trinajstić information content (AvgIpc) is 2.76. The first-order chi connectivity index (χ1) is 8.57. The molecule has 0 saturated carbocycles. The van der Waals surface area contributed by atoms with Gasteiger partial charge in [-0.3, -0.25) is 9.71 Å². The number of hydrogen-bond donors (Lipinski definition) is 1. The second kappa shape index (κ2) is 8.22. The average molecular weight is 255 g/mol. The second-order valence-electron chi connectivity index (χ2n) is 4.41. The van der Waals surface area contributed by atoms with Crippen LogP contribution in [0.15, 0.2) is 24.3 Å². The van der Waals surface area contributed by atoms with Crippen molar-refractivity contribution in [3.8, 4) is 0 Å². The molecule has 0 amide bonds. The van der Waals surface area contributed by atoms with Crippen molar-refractivity contribution in [3.05, 3.63) is 35.4 Å². The SMILES string of the molecule is CC.CF.Cc1ccc(C2CNC(C)(C)O2)cc1. The van der Waals surface area contributed by atoms with E-state index in [2.05, 4.69) is 50.4 Å². The smallest absolute Gasteiger partial charge is 0.114 e. The van der Waals surface area contributed by atoms with Crippen LogP contribution in [0.5, 0.6) is 0 Å². The van der Waals surface area contributed by atoms with E-state index in [9.17, 15) is 4.39 Å². The number of benzene rings is 1. The van der Waals surface area contributed by atoms with Crippen molar-refractivity contribution >= 4 is 0 Å². The van der Waals surface area contributed by atoms with Crippen molar-refractivity contribution in [2.24, 2.45) is 0 Å². The number of ether oxygens (including phenoxy) is 1. The highest BCUT2D eigenvalue weighted by molar-refractivity contribution is 5.24. The fraction of sp³-hybridized carbons (Fsp3) is 0.600. The topological polar surface area (TPSA) is 21.3 Å². The van der Waals surface area contributed by atoms with Crippen molar-refractivity contribution in [1.82, 2.24) is 5.32 Å². The molecule has 1 fully saturated rings. The lowest BCUT2D eigenvalue weighted by Crippen LogP contribution is -2.33. The minimum absolute atomic E-state index is 0.185. The normalized spacial score (nSPS) is 20.3. The molecule has 1 aliphatic rings. The third kappa shape index (κ3) is 5.15. The van der Waals surface area contributed by atoms with Crippen LogP contribution in [0.4, 0.5) is 4.39 Å². The Morgan fingerprint density at radius 1 is 1.17 bits per heavy atom.